The minimum Gasteiger partial charge on any atom is -0.432 e. The van der Waals surface area contributed by atoms with Crippen LogP contribution in [0.25, 0.3) is 0 Å². The average Bonchev–Trinajstić information content (AvgIpc) is 3.59. The summed E-state index contributed by atoms with van der Waals surface area (Å²) in [4.78, 5) is 55.2. The Morgan fingerprint density at radius 3 is 2.70 bits per heavy atom. The highest BCUT2D eigenvalue weighted by molar-refractivity contribution is 6.71. The number of aliphatic hydroxyl groups is 1. The topological polar surface area (TPSA) is 119 Å². The molecule has 5 atom stereocenters. The molecule has 4 aliphatic heterocycles. The van der Waals surface area contributed by atoms with Crippen LogP contribution in [0, 0.1) is 5.92 Å². The quantitative estimate of drug-likeness (QED) is 0.480. The zero-order valence-electron chi connectivity index (χ0n) is 23.2. The summed E-state index contributed by atoms with van der Waals surface area (Å²) in [5.41, 5.74) is 2.04. The number of ether oxygens (including phenoxy) is 1. The Morgan fingerprint density at radius 2 is 1.95 bits per heavy atom. The number of amides is 3. The lowest BCUT2D eigenvalue weighted by atomic mass is 9.82. The molecule has 6 rings (SSSR count). The van der Waals surface area contributed by atoms with E-state index in [9.17, 15) is 24.3 Å². The van der Waals surface area contributed by atoms with Crippen LogP contribution >= 0.6 is 0 Å². The molecule has 0 aliphatic carbocycles. The Morgan fingerprint density at radius 1 is 1.18 bits per heavy atom. The third-order valence-corrected chi connectivity index (χ3v) is 11.9. The second kappa shape index (κ2) is 9.80. The number of hydrogen-bond acceptors (Lipinski definition) is 6. The Kier molecular flexibility index (Phi) is 6.64. The average molecular weight is 564 g/mol. The normalized spacial score (nSPS) is 29.6. The van der Waals surface area contributed by atoms with Gasteiger partial charge in [0.05, 0.1) is 30.9 Å². The van der Waals surface area contributed by atoms with E-state index in [0.29, 0.717) is 36.3 Å². The van der Waals surface area contributed by atoms with Gasteiger partial charge in [-0.2, -0.15) is 0 Å². The summed E-state index contributed by atoms with van der Waals surface area (Å²) >= 11 is 0. The number of nitrogens with one attached hydrogen (secondary N) is 1. The maximum atomic E-state index is 13.8. The van der Waals surface area contributed by atoms with Crippen LogP contribution < -0.4 is 10.2 Å². The molecule has 2 aromatic carbocycles. The van der Waals surface area contributed by atoms with Crippen molar-refractivity contribution in [3.63, 3.8) is 0 Å². The molecule has 0 unspecified atom stereocenters. The lowest BCUT2D eigenvalue weighted by molar-refractivity contribution is -0.148. The van der Waals surface area contributed by atoms with Crippen LogP contribution in [0.5, 0.6) is 0 Å². The summed E-state index contributed by atoms with van der Waals surface area (Å²) in [6.45, 7) is 6.08. The molecule has 0 radical (unpaired) electrons. The number of benzene rings is 2. The Labute approximate surface area is 235 Å². The molecule has 0 aromatic heterocycles. The van der Waals surface area contributed by atoms with Crippen LogP contribution in [0.2, 0.25) is 18.6 Å². The highest BCUT2D eigenvalue weighted by Gasteiger charge is 2.65. The second-order valence-corrected chi connectivity index (χ2v) is 16.1. The van der Waals surface area contributed by atoms with Crippen LogP contribution in [-0.4, -0.2) is 66.1 Å². The van der Waals surface area contributed by atoms with Gasteiger partial charge in [-0.05, 0) is 62.2 Å². The van der Waals surface area contributed by atoms with Crippen LogP contribution in [0.4, 0.5) is 17.1 Å². The summed E-state index contributed by atoms with van der Waals surface area (Å²) in [7, 11) is -2.92. The molecule has 10 heteroatoms. The molecule has 2 fully saturated rings. The van der Waals surface area contributed by atoms with Gasteiger partial charge in [-0.1, -0.05) is 25.1 Å². The lowest BCUT2D eigenvalue weighted by Crippen LogP contribution is -2.44. The van der Waals surface area contributed by atoms with Crippen LogP contribution in [-0.2, 0) is 31.1 Å². The molecule has 40 heavy (non-hydrogen) atoms. The molecular formula is C30H37N3O6Si. The molecule has 4 aliphatic rings. The molecule has 0 saturated carbocycles. The van der Waals surface area contributed by atoms with Crippen molar-refractivity contribution in [2.24, 2.45) is 5.92 Å². The first-order chi connectivity index (χ1) is 19.1. The van der Waals surface area contributed by atoms with Crippen molar-refractivity contribution in [1.29, 1.82) is 0 Å². The standard InChI is InChI=1S/C30H37N3O6Si/c1-18-28(40(2,3)38)25(16-27(36)32-14-6-8-21(32)17-34)39-30(18)22-15-20(11-12-23(22)31-29(30)37)33-24-9-5-4-7-19(24)10-13-26(33)35/h4-5,7,9,11-12,15,18,21,25,28,34,38H,6,8,10,13-14,16-17H2,1-3H3,(H,31,37)/t18-,21+,25+,28-,30+/m1/s1. The van der Waals surface area contributed by atoms with Gasteiger partial charge >= 0.3 is 0 Å². The second-order valence-electron chi connectivity index (χ2n) is 12.2. The summed E-state index contributed by atoms with van der Waals surface area (Å²) in [6, 6.07) is 13.1. The third kappa shape index (κ3) is 4.11. The molecule has 212 valence electrons. The van der Waals surface area contributed by atoms with Crippen molar-refractivity contribution in [2.45, 2.75) is 75.4 Å². The van der Waals surface area contributed by atoms with E-state index in [1.165, 1.54) is 0 Å². The lowest BCUT2D eigenvalue weighted by Gasteiger charge is -2.33. The highest BCUT2D eigenvalue weighted by Crippen LogP contribution is 2.59. The van der Waals surface area contributed by atoms with Crippen molar-refractivity contribution in [3.8, 4) is 0 Å². The van der Waals surface area contributed by atoms with Gasteiger partial charge in [0.2, 0.25) is 11.8 Å². The van der Waals surface area contributed by atoms with Crippen molar-refractivity contribution >= 4 is 43.1 Å². The smallest absolute Gasteiger partial charge is 0.261 e. The Hall–Kier alpha value is -3.05. The van der Waals surface area contributed by atoms with Gasteiger partial charge in [0.25, 0.3) is 5.91 Å². The molecule has 4 heterocycles. The van der Waals surface area contributed by atoms with E-state index in [1.54, 1.807) is 9.80 Å². The van der Waals surface area contributed by atoms with E-state index in [1.807, 2.05) is 62.5 Å². The number of carbonyl (C=O) groups excluding carboxylic acids is 3. The molecule has 2 aromatic rings. The number of fused-ring (bicyclic) bond motifs is 3. The summed E-state index contributed by atoms with van der Waals surface area (Å²) in [5, 5.41) is 12.7. The Bertz CT molecular complexity index is 1380. The van der Waals surface area contributed by atoms with Gasteiger partial charge in [-0.15, -0.1) is 0 Å². The van der Waals surface area contributed by atoms with Gasteiger partial charge < -0.3 is 24.9 Å². The van der Waals surface area contributed by atoms with E-state index in [-0.39, 0.29) is 42.3 Å². The first kappa shape index (κ1) is 27.1. The molecule has 1 spiro atoms. The van der Waals surface area contributed by atoms with Crippen LogP contribution in [0.1, 0.15) is 43.7 Å². The number of carbonyl (C=O) groups is 3. The minimum atomic E-state index is -2.92. The number of para-hydroxylation sites is 1. The number of rotatable bonds is 5. The zero-order chi connectivity index (χ0) is 28.4. The van der Waals surface area contributed by atoms with Crippen LogP contribution in [0.15, 0.2) is 42.5 Å². The highest BCUT2D eigenvalue weighted by atomic mass is 28.4. The largest absolute Gasteiger partial charge is 0.432 e. The first-order valence-corrected chi connectivity index (χ1v) is 17.3. The number of likely N-dealkylation sites (tertiary alicyclic amines) is 1. The summed E-state index contributed by atoms with van der Waals surface area (Å²) in [6.07, 6.45) is 2.04. The van der Waals surface area contributed by atoms with Crippen molar-refractivity contribution in [1.82, 2.24) is 4.90 Å². The maximum absolute atomic E-state index is 13.8. The number of nitrogens with zero attached hydrogens (tertiary/aromatic N) is 2. The van der Waals surface area contributed by atoms with Crippen molar-refractivity contribution in [2.75, 3.05) is 23.4 Å². The monoisotopic (exact) mass is 563 g/mol. The number of hydrogen-bond donors (Lipinski definition) is 3. The molecule has 3 N–H and O–H groups in total. The van der Waals surface area contributed by atoms with Crippen molar-refractivity contribution in [3.05, 3.63) is 53.6 Å². The third-order valence-electron chi connectivity index (χ3n) is 9.35. The van der Waals surface area contributed by atoms with Gasteiger partial charge in [0, 0.05) is 41.4 Å². The van der Waals surface area contributed by atoms with Crippen molar-refractivity contribution < 1.29 is 29.0 Å². The first-order valence-electron chi connectivity index (χ1n) is 14.2. The van der Waals surface area contributed by atoms with E-state index < -0.39 is 25.9 Å². The summed E-state index contributed by atoms with van der Waals surface area (Å²) in [5.74, 6) is -0.869. The Balaban J connectivity index is 1.39. The predicted molar refractivity (Wildman–Crippen MR) is 153 cm³/mol. The maximum Gasteiger partial charge on any atom is 0.261 e. The molecule has 0 bridgehead atoms. The molecule has 3 amide bonds. The number of aryl methyl sites for hydroxylation is 1. The van der Waals surface area contributed by atoms with E-state index >= 15 is 0 Å². The van der Waals surface area contributed by atoms with E-state index in [2.05, 4.69) is 5.32 Å². The molecule has 9 nitrogen and oxygen atoms in total. The SMILES string of the molecule is C[C@@H]1[C@@H]([Si](C)(C)O)[C@H](CC(=O)N2CCC[C@H]2CO)O[C@@]12C(=O)Nc1ccc(N3C(=O)CCc4ccccc43)cc12. The fourth-order valence-corrected chi connectivity index (χ4v) is 10.1. The fraction of sp³-hybridized carbons (Fsp3) is 0.500. The van der Waals surface area contributed by atoms with Gasteiger partial charge in [0.15, 0.2) is 13.9 Å². The van der Waals surface area contributed by atoms with Gasteiger partial charge in [0.1, 0.15) is 0 Å². The summed E-state index contributed by atoms with van der Waals surface area (Å²) < 4.78 is 6.69. The molecular weight excluding hydrogens is 526 g/mol. The van der Waals surface area contributed by atoms with Gasteiger partial charge in [-0.3, -0.25) is 19.3 Å². The number of aliphatic hydroxyl groups excluding tert-OH is 1. The van der Waals surface area contributed by atoms with Gasteiger partial charge in [-0.25, -0.2) is 0 Å². The predicted octanol–water partition coefficient (Wildman–Crippen LogP) is 3.42. The fourth-order valence-electron chi connectivity index (χ4n) is 7.58. The minimum absolute atomic E-state index is 0.0142. The zero-order valence-corrected chi connectivity index (χ0v) is 24.2. The molecule has 2 saturated heterocycles. The van der Waals surface area contributed by atoms with E-state index in [0.717, 1.165) is 24.1 Å². The van der Waals surface area contributed by atoms with E-state index in [4.69, 9.17) is 4.74 Å². The van der Waals surface area contributed by atoms with Crippen LogP contribution in [0.3, 0.4) is 0 Å². The number of anilines is 3.